The maximum atomic E-state index is 12.6. The minimum Gasteiger partial charge on any atom is -0.505 e. The Morgan fingerprint density at radius 1 is 1.12 bits per heavy atom. The Morgan fingerprint density at radius 3 is 2.54 bits per heavy atom. The molecule has 0 spiro atoms. The van der Waals surface area contributed by atoms with Crippen LogP contribution < -0.4 is 5.32 Å². The maximum Gasteiger partial charge on any atom is 0.276 e. The molecule has 0 atom stereocenters. The van der Waals surface area contributed by atoms with Crippen LogP contribution in [0.15, 0.2) is 59.1 Å². The van der Waals surface area contributed by atoms with E-state index >= 15 is 0 Å². The topological polar surface area (TPSA) is 86.7 Å². The van der Waals surface area contributed by atoms with Gasteiger partial charge in [-0.3, -0.25) is 9.10 Å². The van der Waals surface area contributed by atoms with Crippen molar-refractivity contribution < 1.29 is 18.3 Å². The number of hydrogen-bond acceptors (Lipinski definition) is 4. The predicted octanol–water partition coefficient (Wildman–Crippen LogP) is 2.49. The summed E-state index contributed by atoms with van der Waals surface area (Å²) in [6.07, 6.45) is 0. The van der Waals surface area contributed by atoms with Gasteiger partial charge in [0.05, 0.1) is 4.90 Å². The molecule has 2 aromatic carbocycles. The average Bonchev–Trinajstić information content (AvgIpc) is 2.53. The van der Waals surface area contributed by atoms with Gasteiger partial charge in [0.15, 0.2) is 11.5 Å². The van der Waals surface area contributed by atoms with Gasteiger partial charge in [0.25, 0.3) is 15.9 Å². The van der Waals surface area contributed by atoms with Gasteiger partial charge in [0, 0.05) is 18.3 Å². The molecule has 0 aromatic heterocycles. The fraction of sp³-hybridized carbons (Fsp3) is 0.118. The largest absolute Gasteiger partial charge is 0.505 e. The lowest BCUT2D eigenvalue weighted by molar-refractivity contribution is -0.113. The summed E-state index contributed by atoms with van der Waals surface area (Å²) in [5, 5.41) is 13.1. The highest BCUT2D eigenvalue weighted by Crippen LogP contribution is 2.34. The van der Waals surface area contributed by atoms with Gasteiger partial charge >= 0.3 is 0 Å². The molecule has 0 unspecified atom stereocenters. The van der Waals surface area contributed by atoms with E-state index in [1.807, 2.05) is 13.0 Å². The van der Waals surface area contributed by atoms with Crippen molar-refractivity contribution in [1.29, 1.82) is 0 Å². The molecule has 1 aliphatic rings. The van der Waals surface area contributed by atoms with Crippen LogP contribution in [0.5, 0.6) is 0 Å². The Bertz CT molecular complexity index is 964. The van der Waals surface area contributed by atoms with Gasteiger partial charge in [-0.25, -0.2) is 8.42 Å². The first-order valence-corrected chi connectivity index (χ1v) is 8.66. The molecule has 1 heterocycles. The van der Waals surface area contributed by atoms with Crippen LogP contribution in [0.25, 0.3) is 5.76 Å². The molecule has 0 saturated heterocycles. The van der Waals surface area contributed by atoms with Gasteiger partial charge < -0.3 is 10.4 Å². The molecule has 124 valence electrons. The number of hydrogen-bond donors (Lipinski definition) is 2. The highest BCUT2D eigenvalue weighted by Gasteiger charge is 2.37. The molecule has 2 aromatic rings. The number of sulfonamides is 1. The Kier molecular flexibility index (Phi) is 3.81. The van der Waals surface area contributed by atoms with Gasteiger partial charge in [-0.15, -0.1) is 0 Å². The Balaban J connectivity index is 2.08. The monoisotopic (exact) mass is 344 g/mol. The molecule has 0 fully saturated rings. The quantitative estimate of drug-likeness (QED) is 0.876. The number of carbonyl (C=O) groups is 1. The average molecular weight is 344 g/mol. The molecule has 2 N–H and O–H groups in total. The summed E-state index contributed by atoms with van der Waals surface area (Å²) in [4.78, 5) is 12.5. The zero-order valence-corrected chi connectivity index (χ0v) is 14.0. The smallest absolute Gasteiger partial charge is 0.276 e. The molecule has 0 saturated carbocycles. The first kappa shape index (κ1) is 16.1. The number of benzene rings is 2. The van der Waals surface area contributed by atoms with Crippen LogP contribution in [0.2, 0.25) is 0 Å². The van der Waals surface area contributed by atoms with Crippen molar-refractivity contribution in [2.24, 2.45) is 0 Å². The van der Waals surface area contributed by atoms with Crippen molar-refractivity contribution in [2.45, 2.75) is 11.8 Å². The molecule has 3 rings (SSSR count). The lowest BCUT2D eigenvalue weighted by Crippen LogP contribution is -2.37. The first-order valence-electron chi connectivity index (χ1n) is 7.22. The number of likely N-dealkylation sites (N-methyl/N-ethyl adjacent to an activating group) is 1. The van der Waals surface area contributed by atoms with Crippen LogP contribution in [0.4, 0.5) is 5.69 Å². The third kappa shape index (κ3) is 2.52. The summed E-state index contributed by atoms with van der Waals surface area (Å²) in [6.45, 7) is 1.87. The second kappa shape index (κ2) is 5.68. The summed E-state index contributed by atoms with van der Waals surface area (Å²) < 4.78 is 25.9. The first-order chi connectivity index (χ1) is 11.3. The number of anilines is 1. The van der Waals surface area contributed by atoms with E-state index in [4.69, 9.17) is 0 Å². The molecule has 0 bridgehead atoms. The Labute approximate surface area is 140 Å². The van der Waals surface area contributed by atoms with Crippen LogP contribution in [0.3, 0.4) is 0 Å². The fourth-order valence-electron chi connectivity index (χ4n) is 2.60. The van der Waals surface area contributed by atoms with Crippen LogP contribution in [0, 0.1) is 6.92 Å². The minimum atomic E-state index is -3.89. The number of amides is 1. The molecule has 24 heavy (non-hydrogen) atoms. The molecule has 1 amide bonds. The molecule has 6 nitrogen and oxygen atoms in total. The van der Waals surface area contributed by atoms with Crippen molar-refractivity contribution in [3.63, 3.8) is 0 Å². The van der Waals surface area contributed by atoms with E-state index in [0.717, 1.165) is 9.87 Å². The van der Waals surface area contributed by atoms with Crippen molar-refractivity contribution in [3.8, 4) is 0 Å². The van der Waals surface area contributed by atoms with Crippen LogP contribution in [-0.2, 0) is 14.8 Å². The van der Waals surface area contributed by atoms with E-state index in [9.17, 15) is 18.3 Å². The van der Waals surface area contributed by atoms with Gasteiger partial charge in [-0.05, 0) is 36.8 Å². The lowest BCUT2D eigenvalue weighted by Gasteiger charge is -2.28. The van der Waals surface area contributed by atoms with E-state index in [1.165, 1.54) is 19.2 Å². The number of aliphatic hydroxyl groups is 1. The van der Waals surface area contributed by atoms with E-state index in [-0.39, 0.29) is 21.9 Å². The Hall–Kier alpha value is -2.80. The van der Waals surface area contributed by atoms with Gasteiger partial charge in [-0.2, -0.15) is 0 Å². The van der Waals surface area contributed by atoms with Gasteiger partial charge in [-0.1, -0.05) is 24.3 Å². The molecule has 0 radical (unpaired) electrons. The van der Waals surface area contributed by atoms with E-state index in [1.54, 1.807) is 30.3 Å². The van der Waals surface area contributed by atoms with Crippen LogP contribution >= 0.6 is 0 Å². The number of fused-ring (bicyclic) bond motifs is 1. The summed E-state index contributed by atoms with van der Waals surface area (Å²) in [6, 6.07) is 13.1. The normalized spacial score (nSPS) is 15.8. The summed E-state index contributed by atoms with van der Waals surface area (Å²) in [5.41, 5.74) is 1.27. The van der Waals surface area contributed by atoms with E-state index in [0.29, 0.717) is 5.69 Å². The van der Waals surface area contributed by atoms with Crippen molar-refractivity contribution in [1.82, 2.24) is 4.31 Å². The number of aryl methyl sites for hydroxylation is 1. The summed E-state index contributed by atoms with van der Waals surface area (Å²) >= 11 is 0. The summed E-state index contributed by atoms with van der Waals surface area (Å²) in [5.74, 6) is -1.06. The third-order valence-corrected chi connectivity index (χ3v) is 5.63. The SMILES string of the molecule is Cc1cccc(NC(=O)C2=C(O)c3ccccc3S(=O)(=O)N2C)c1. The van der Waals surface area contributed by atoms with Gasteiger partial charge in [0.2, 0.25) is 0 Å². The number of carbonyl (C=O) groups excluding carboxylic acids is 1. The van der Waals surface area contributed by atoms with Gasteiger partial charge in [0.1, 0.15) is 0 Å². The van der Waals surface area contributed by atoms with Crippen molar-refractivity contribution in [2.75, 3.05) is 12.4 Å². The second-order valence-electron chi connectivity index (χ2n) is 5.49. The van der Waals surface area contributed by atoms with Crippen LogP contribution in [0.1, 0.15) is 11.1 Å². The highest BCUT2D eigenvalue weighted by atomic mass is 32.2. The van der Waals surface area contributed by atoms with Crippen molar-refractivity contribution >= 4 is 27.4 Å². The van der Waals surface area contributed by atoms with E-state index in [2.05, 4.69) is 5.32 Å². The fourth-order valence-corrected chi connectivity index (χ4v) is 3.99. The number of nitrogens with one attached hydrogen (secondary N) is 1. The van der Waals surface area contributed by atoms with Crippen LogP contribution in [-0.4, -0.2) is 30.8 Å². The zero-order valence-electron chi connectivity index (χ0n) is 13.1. The molecule has 1 aliphatic heterocycles. The second-order valence-corrected chi connectivity index (χ2v) is 7.43. The summed E-state index contributed by atoms with van der Waals surface area (Å²) in [7, 11) is -2.65. The minimum absolute atomic E-state index is 0.0305. The molecular formula is C17H16N2O4S. The Morgan fingerprint density at radius 2 is 1.83 bits per heavy atom. The molecule has 0 aliphatic carbocycles. The van der Waals surface area contributed by atoms with E-state index < -0.39 is 15.9 Å². The van der Waals surface area contributed by atoms with Crippen molar-refractivity contribution in [3.05, 3.63) is 65.4 Å². The number of aliphatic hydroxyl groups excluding tert-OH is 1. The highest BCUT2D eigenvalue weighted by molar-refractivity contribution is 7.89. The number of rotatable bonds is 2. The standard InChI is InChI=1S/C17H16N2O4S/c1-11-6-5-7-12(10-11)18-17(21)15-16(20)13-8-3-4-9-14(13)24(22,23)19(15)2/h3-10,20H,1-2H3,(H,18,21). The third-order valence-electron chi connectivity index (χ3n) is 3.81. The predicted molar refractivity (Wildman–Crippen MR) is 90.7 cm³/mol. The zero-order chi connectivity index (χ0) is 17.5. The molecular weight excluding hydrogens is 328 g/mol. The maximum absolute atomic E-state index is 12.6. The molecule has 7 heteroatoms. The number of nitrogens with zero attached hydrogens (tertiary/aromatic N) is 1. The lowest BCUT2D eigenvalue weighted by atomic mass is 10.1.